The van der Waals surface area contributed by atoms with Crippen LogP contribution in [-0.4, -0.2) is 48.8 Å². The fraction of sp³-hybridized carbons (Fsp3) is 0.375. The maximum absolute atomic E-state index is 12.8. The summed E-state index contributed by atoms with van der Waals surface area (Å²) in [5.74, 6) is -0.184. The standard InChI is InChI=1S/C24H28N4O5S/c1-3-28-23(30)20-10-5-16(15-21(20)26-24(28)31)22(29)25-17-11-13-27(14-12-17)18-6-8-19(9-7-18)34(32,33)4-2/h5-10,15,17H,3-4,11-14H2,1-2H3,(H,25,29)(H,26,31). The van der Waals surface area contributed by atoms with E-state index in [1.165, 1.54) is 6.07 Å². The Morgan fingerprint density at radius 1 is 1.06 bits per heavy atom. The van der Waals surface area contributed by atoms with Gasteiger partial charge in [-0.05, 0) is 62.2 Å². The lowest BCUT2D eigenvalue weighted by molar-refractivity contribution is 0.0931. The molecule has 1 saturated heterocycles. The molecule has 0 unspecified atom stereocenters. The maximum Gasteiger partial charge on any atom is 0.328 e. The third kappa shape index (κ3) is 4.63. The van der Waals surface area contributed by atoms with Crippen molar-refractivity contribution in [2.75, 3.05) is 23.7 Å². The highest BCUT2D eigenvalue weighted by atomic mass is 32.2. The van der Waals surface area contributed by atoms with Gasteiger partial charge in [-0.25, -0.2) is 13.2 Å². The molecule has 2 aromatic carbocycles. The number of rotatable bonds is 6. The van der Waals surface area contributed by atoms with Crippen LogP contribution in [0.1, 0.15) is 37.0 Å². The molecule has 0 saturated carbocycles. The molecular weight excluding hydrogens is 456 g/mol. The number of H-pyrrole nitrogens is 1. The zero-order chi connectivity index (χ0) is 24.5. The second kappa shape index (κ2) is 9.46. The normalized spacial score (nSPS) is 14.9. The number of carbonyl (C=O) groups excluding carboxylic acids is 1. The Kier molecular flexibility index (Phi) is 6.60. The molecule has 0 atom stereocenters. The number of anilines is 1. The smallest absolute Gasteiger partial charge is 0.328 e. The minimum absolute atomic E-state index is 0.00803. The molecule has 0 bridgehead atoms. The van der Waals surface area contributed by atoms with Crippen molar-refractivity contribution in [2.24, 2.45) is 0 Å². The van der Waals surface area contributed by atoms with Crippen molar-refractivity contribution in [1.29, 1.82) is 0 Å². The molecule has 9 nitrogen and oxygen atoms in total. The van der Waals surface area contributed by atoms with Gasteiger partial charge in [-0.15, -0.1) is 0 Å². The van der Waals surface area contributed by atoms with Crippen molar-refractivity contribution in [3.63, 3.8) is 0 Å². The summed E-state index contributed by atoms with van der Waals surface area (Å²) >= 11 is 0. The largest absolute Gasteiger partial charge is 0.371 e. The van der Waals surface area contributed by atoms with Crippen molar-refractivity contribution in [2.45, 2.75) is 44.2 Å². The molecule has 0 aliphatic carbocycles. The predicted molar refractivity (Wildman–Crippen MR) is 131 cm³/mol. The lowest BCUT2D eigenvalue weighted by atomic mass is 10.0. The summed E-state index contributed by atoms with van der Waals surface area (Å²) in [6.07, 6.45) is 1.48. The summed E-state index contributed by atoms with van der Waals surface area (Å²) in [6, 6.07) is 11.6. The number of piperidine rings is 1. The van der Waals surface area contributed by atoms with Crippen molar-refractivity contribution in [1.82, 2.24) is 14.9 Å². The van der Waals surface area contributed by atoms with Gasteiger partial charge < -0.3 is 15.2 Å². The Morgan fingerprint density at radius 3 is 2.35 bits per heavy atom. The lowest BCUT2D eigenvalue weighted by Gasteiger charge is -2.34. The minimum Gasteiger partial charge on any atom is -0.371 e. The zero-order valence-electron chi connectivity index (χ0n) is 19.2. The van der Waals surface area contributed by atoms with E-state index in [4.69, 9.17) is 0 Å². The average molecular weight is 485 g/mol. The van der Waals surface area contributed by atoms with Gasteiger partial charge in [0.05, 0.1) is 21.6 Å². The first-order valence-corrected chi connectivity index (χ1v) is 13.0. The molecular formula is C24H28N4O5S. The highest BCUT2D eigenvalue weighted by Gasteiger charge is 2.22. The van der Waals surface area contributed by atoms with Gasteiger partial charge in [0.2, 0.25) is 0 Å². The van der Waals surface area contributed by atoms with Crippen LogP contribution in [-0.2, 0) is 16.4 Å². The number of nitrogens with one attached hydrogen (secondary N) is 2. The van der Waals surface area contributed by atoms with E-state index in [0.29, 0.717) is 21.4 Å². The van der Waals surface area contributed by atoms with Gasteiger partial charge in [-0.1, -0.05) is 6.92 Å². The zero-order valence-corrected chi connectivity index (χ0v) is 20.0. The molecule has 1 fully saturated rings. The lowest BCUT2D eigenvalue weighted by Crippen LogP contribution is -2.44. The molecule has 10 heteroatoms. The highest BCUT2D eigenvalue weighted by molar-refractivity contribution is 7.91. The predicted octanol–water partition coefficient (Wildman–Crippen LogP) is 1.90. The molecule has 180 valence electrons. The molecule has 34 heavy (non-hydrogen) atoms. The fourth-order valence-corrected chi connectivity index (χ4v) is 5.15. The van der Waals surface area contributed by atoms with E-state index in [0.717, 1.165) is 36.2 Å². The number of aromatic nitrogens is 2. The Balaban J connectivity index is 1.40. The number of benzene rings is 2. The molecule has 2 N–H and O–H groups in total. The first-order valence-electron chi connectivity index (χ1n) is 11.4. The van der Waals surface area contributed by atoms with E-state index < -0.39 is 15.5 Å². The Morgan fingerprint density at radius 2 is 1.74 bits per heavy atom. The summed E-state index contributed by atoms with van der Waals surface area (Å²) < 4.78 is 25.1. The second-order valence-electron chi connectivity index (χ2n) is 8.37. The summed E-state index contributed by atoms with van der Waals surface area (Å²) in [6.45, 7) is 5.08. The van der Waals surface area contributed by atoms with Crippen molar-refractivity contribution in [3.8, 4) is 0 Å². The van der Waals surface area contributed by atoms with E-state index in [1.54, 1.807) is 38.1 Å². The van der Waals surface area contributed by atoms with Crippen LogP contribution in [0.4, 0.5) is 5.69 Å². The van der Waals surface area contributed by atoms with Gasteiger partial charge in [0.15, 0.2) is 9.84 Å². The first-order chi connectivity index (χ1) is 16.2. The number of sulfone groups is 1. The van der Waals surface area contributed by atoms with Gasteiger partial charge in [-0.2, -0.15) is 0 Å². The monoisotopic (exact) mass is 484 g/mol. The van der Waals surface area contributed by atoms with Gasteiger partial charge in [0.1, 0.15) is 0 Å². The third-order valence-electron chi connectivity index (χ3n) is 6.33. The summed E-state index contributed by atoms with van der Waals surface area (Å²) in [7, 11) is -3.22. The SMILES string of the molecule is CCn1c(=O)[nH]c2cc(C(=O)NC3CCN(c4ccc(S(=O)(=O)CC)cc4)CC3)ccc2c1=O. The van der Waals surface area contributed by atoms with Crippen LogP contribution in [0, 0.1) is 0 Å². The molecule has 1 aliphatic heterocycles. The Labute approximate surface area is 197 Å². The summed E-state index contributed by atoms with van der Waals surface area (Å²) in [5, 5.41) is 3.40. The molecule has 4 rings (SSSR count). The van der Waals surface area contributed by atoms with Crippen molar-refractivity contribution >= 4 is 32.3 Å². The minimum atomic E-state index is -3.22. The number of carbonyl (C=O) groups is 1. The van der Waals surface area contributed by atoms with Crippen LogP contribution in [0.25, 0.3) is 10.9 Å². The van der Waals surface area contributed by atoms with E-state index in [9.17, 15) is 22.8 Å². The topological polar surface area (TPSA) is 121 Å². The molecule has 0 radical (unpaired) electrons. The van der Waals surface area contributed by atoms with Gasteiger partial charge in [0.25, 0.3) is 11.5 Å². The Hall–Kier alpha value is -3.40. The van der Waals surface area contributed by atoms with Crippen LogP contribution in [0.5, 0.6) is 0 Å². The molecule has 1 aromatic heterocycles. The van der Waals surface area contributed by atoms with Crippen molar-refractivity contribution in [3.05, 3.63) is 68.9 Å². The van der Waals surface area contributed by atoms with E-state index in [1.807, 2.05) is 12.1 Å². The molecule has 3 aromatic rings. The van der Waals surface area contributed by atoms with Crippen LogP contribution < -0.4 is 21.5 Å². The van der Waals surface area contributed by atoms with Crippen LogP contribution in [0.15, 0.2) is 56.9 Å². The number of hydrogen-bond acceptors (Lipinski definition) is 6. The Bertz CT molecular complexity index is 1430. The second-order valence-corrected chi connectivity index (χ2v) is 10.7. The molecule has 1 aliphatic rings. The summed E-state index contributed by atoms with van der Waals surface area (Å²) in [5.41, 5.74) is 0.810. The average Bonchev–Trinajstić information content (AvgIpc) is 2.84. The van der Waals surface area contributed by atoms with E-state index in [2.05, 4.69) is 15.2 Å². The fourth-order valence-electron chi connectivity index (χ4n) is 4.26. The van der Waals surface area contributed by atoms with Gasteiger partial charge in [-0.3, -0.25) is 14.2 Å². The number of amides is 1. The number of fused-ring (bicyclic) bond motifs is 1. The summed E-state index contributed by atoms with van der Waals surface area (Å²) in [4.78, 5) is 42.5. The number of hydrogen-bond donors (Lipinski definition) is 2. The molecule has 2 heterocycles. The van der Waals surface area contributed by atoms with Gasteiger partial charge >= 0.3 is 5.69 Å². The van der Waals surface area contributed by atoms with Crippen molar-refractivity contribution < 1.29 is 13.2 Å². The number of aromatic amines is 1. The maximum atomic E-state index is 12.8. The highest BCUT2D eigenvalue weighted by Crippen LogP contribution is 2.23. The number of nitrogens with zero attached hydrogens (tertiary/aromatic N) is 2. The van der Waals surface area contributed by atoms with E-state index >= 15 is 0 Å². The first kappa shape index (κ1) is 23.7. The molecule has 1 amide bonds. The van der Waals surface area contributed by atoms with Crippen LogP contribution in [0.3, 0.4) is 0 Å². The van der Waals surface area contributed by atoms with Crippen LogP contribution >= 0.6 is 0 Å². The third-order valence-corrected chi connectivity index (χ3v) is 8.08. The van der Waals surface area contributed by atoms with Gasteiger partial charge in [0, 0.05) is 36.9 Å². The van der Waals surface area contributed by atoms with Crippen LogP contribution in [0.2, 0.25) is 0 Å². The quantitative estimate of drug-likeness (QED) is 0.551. The van der Waals surface area contributed by atoms with E-state index in [-0.39, 0.29) is 29.8 Å². The molecule has 0 spiro atoms.